The fourth-order valence-electron chi connectivity index (χ4n) is 5.85. The van der Waals surface area contributed by atoms with Crippen LogP contribution >= 0.6 is 0 Å². The van der Waals surface area contributed by atoms with Gasteiger partial charge < -0.3 is 15.1 Å². The van der Waals surface area contributed by atoms with Crippen LogP contribution in [0.2, 0.25) is 0 Å². The lowest BCUT2D eigenvalue weighted by molar-refractivity contribution is -0.134. The van der Waals surface area contributed by atoms with Crippen LogP contribution in [-0.4, -0.2) is 77.4 Å². The molecule has 2 atom stereocenters. The molecule has 0 saturated carbocycles. The van der Waals surface area contributed by atoms with Gasteiger partial charge in [0.2, 0.25) is 0 Å². The lowest BCUT2D eigenvalue weighted by Crippen LogP contribution is -2.56. The molecule has 3 aliphatic heterocycles. The molecule has 174 valence electrons. The first-order valence-electron chi connectivity index (χ1n) is 12.1. The molecule has 0 aromatic heterocycles. The van der Waals surface area contributed by atoms with Gasteiger partial charge in [0.25, 0.3) is 11.8 Å². The molecule has 4 rings (SSSR count). The SMILES string of the molecule is CCCC1(C2CCN(C(=O)c3ccccc3)CC2)NC(=O)N(CCC2CCCN2C)C1=O. The number of hydrogen-bond acceptors (Lipinski definition) is 4. The van der Waals surface area contributed by atoms with Gasteiger partial charge in [-0.15, -0.1) is 0 Å². The van der Waals surface area contributed by atoms with Crippen LogP contribution in [-0.2, 0) is 4.79 Å². The Hall–Kier alpha value is -2.41. The van der Waals surface area contributed by atoms with Crippen molar-refractivity contribution in [2.75, 3.05) is 33.2 Å². The molecular formula is C25H36N4O3. The van der Waals surface area contributed by atoms with Gasteiger partial charge in [-0.25, -0.2) is 4.79 Å². The van der Waals surface area contributed by atoms with Gasteiger partial charge in [-0.2, -0.15) is 0 Å². The Morgan fingerprint density at radius 1 is 1.09 bits per heavy atom. The second-order valence-electron chi connectivity index (χ2n) is 9.61. The summed E-state index contributed by atoms with van der Waals surface area (Å²) in [7, 11) is 2.12. The Morgan fingerprint density at radius 2 is 1.81 bits per heavy atom. The van der Waals surface area contributed by atoms with Crippen molar-refractivity contribution < 1.29 is 14.4 Å². The van der Waals surface area contributed by atoms with Crippen molar-refractivity contribution in [1.29, 1.82) is 0 Å². The van der Waals surface area contributed by atoms with Crippen molar-refractivity contribution in [1.82, 2.24) is 20.0 Å². The molecule has 0 spiro atoms. The lowest BCUT2D eigenvalue weighted by atomic mass is 9.74. The fraction of sp³-hybridized carbons (Fsp3) is 0.640. The number of carbonyl (C=O) groups excluding carboxylic acids is 3. The summed E-state index contributed by atoms with van der Waals surface area (Å²) in [6.07, 6.45) is 6.08. The van der Waals surface area contributed by atoms with Crippen LogP contribution in [0.1, 0.15) is 62.2 Å². The van der Waals surface area contributed by atoms with Crippen molar-refractivity contribution in [3.8, 4) is 0 Å². The molecule has 3 saturated heterocycles. The van der Waals surface area contributed by atoms with Gasteiger partial charge in [-0.3, -0.25) is 14.5 Å². The smallest absolute Gasteiger partial charge is 0.325 e. The summed E-state index contributed by atoms with van der Waals surface area (Å²) in [5, 5.41) is 3.12. The minimum atomic E-state index is -0.824. The van der Waals surface area contributed by atoms with Crippen molar-refractivity contribution in [2.45, 2.75) is 63.5 Å². The maximum Gasteiger partial charge on any atom is 0.325 e. The highest BCUT2D eigenvalue weighted by Crippen LogP contribution is 2.37. The highest BCUT2D eigenvalue weighted by Gasteiger charge is 2.55. The summed E-state index contributed by atoms with van der Waals surface area (Å²) in [5.41, 5.74) is -0.127. The molecule has 7 nitrogen and oxygen atoms in total. The first-order valence-corrected chi connectivity index (χ1v) is 12.1. The molecule has 3 aliphatic rings. The second kappa shape index (κ2) is 9.61. The predicted molar refractivity (Wildman–Crippen MR) is 123 cm³/mol. The Bertz CT molecular complexity index is 837. The standard InChI is InChI=1S/C25H36N4O3/c1-3-14-25(20-11-16-28(17-12-20)22(30)19-8-5-4-6-9-19)23(31)29(24(32)26-25)18-13-21-10-7-15-27(21)2/h4-6,8-9,20-21H,3,7,10-18H2,1-2H3,(H,26,32). The van der Waals surface area contributed by atoms with Gasteiger partial charge >= 0.3 is 6.03 Å². The number of nitrogens with zero attached hydrogens (tertiary/aromatic N) is 3. The van der Waals surface area contributed by atoms with Gasteiger partial charge in [-0.05, 0) is 70.2 Å². The molecule has 0 aliphatic carbocycles. The summed E-state index contributed by atoms with van der Waals surface area (Å²) in [6.45, 7) is 4.85. The van der Waals surface area contributed by atoms with E-state index in [-0.39, 0.29) is 23.8 Å². The van der Waals surface area contributed by atoms with E-state index in [0.29, 0.717) is 37.7 Å². The summed E-state index contributed by atoms with van der Waals surface area (Å²) in [5.74, 6) is 0.0356. The van der Waals surface area contributed by atoms with Crippen LogP contribution in [0.25, 0.3) is 0 Å². The molecule has 0 bridgehead atoms. The number of carbonyl (C=O) groups is 3. The number of benzene rings is 1. The molecule has 4 amide bonds. The van der Waals surface area contributed by atoms with Crippen molar-refractivity contribution in [2.24, 2.45) is 5.92 Å². The number of urea groups is 1. The zero-order valence-corrected chi connectivity index (χ0v) is 19.4. The molecule has 7 heteroatoms. The van der Waals surface area contributed by atoms with E-state index in [4.69, 9.17) is 0 Å². The van der Waals surface area contributed by atoms with Gasteiger partial charge in [0.15, 0.2) is 0 Å². The fourth-order valence-corrected chi connectivity index (χ4v) is 5.85. The summed E-state index contributed by atoms with van der Waals surface area (Å²) in [6, 6.07) is 9.54. The third-order valence-corrected chi connectivity index (χ3v) is 7.70. The highest BCUT2D eigenvalue weighted by atomic mass is 16.2. The summed E-state index contributed by atoms with van der Waals surface area (Å²) in [4.78, 5) is 45.0. The minimum Gasteiger partial charge on any atom is -0.339 e. The van der Waals surface area contributed by atoms with E-state index in [2.05, 4.69) is 24.2 Å². The average molecular weight is 441 g/mol. The molecule has 3 heterocycles. The Morgan fingerprint density at radius 3 is 2.44 bits per heavy atom. The summed E-state index contributed by atoms with van der Waals surface area (Å²) < 4.78 is 0. The predicted octanol–water partition coefficient (Wildman–Crippen LogP) is 3.11. The first-order chi connectivity index (χ1) is 15.5. The largest absolute Gasteiger partial charge is 0.339 e. The van der Waals surface area contributed by atoms with E-state index < -0.39 is 5.54 Å². The number of amides is 4. The van der Waals surface area contributed by atoms with Gasteiger partial charge in [0.1, 0.15) is 5.54 Å². The van der Waals surface area contributed by atoms with Crippen LogP contribution in [0.3, 0.4) is 0 Å². The topological polar surface area (TPSA) is 73.0 Å². The van der Waals surface area contributed by atoms with E-state index >= 15 is 0 Å². The van der Waals surface area contributed by atoms with Gasteiger partial charge in [0, 0.05) is 31.2 Å². The van der Waals surface area contributed by atoms with Crippen LogP contribution in [0.5, 0.6) is 0 Å². The normalized spacial score (nSPS) is 27.2. The summed E-state index contributed by atoms with van der Waals surface area (Å²) >= 11 is 0. The van der Waals surface area contributed by atoms with E-state index in [1.54, 1.807) is 0 Å². The zero-order valence-electron chi connectivity index (χ0n) is 19.4. The zero-order chi connectivity index (χ0) is 22.7. The Balaban J connectivity index is 1.42. The maximum atomic E-state index is 13.6. The number of likely N-dealkylation sites (tertiary alicyclic amines) is 2. The first kappa shape index (κ1) is 22.8. The van der Waals surface area contributed by atoms with E-state index in [1.165, 1.54) is 11.3 Å². The lowest BCUT2D eigenvalue weighted by Gasteiger charge is -2.41. The van der Waals surface area contributed by atoms with Crippen LogP contribution in [0.4, 0.5) is 4.79 Å². The average Bonchev–Trinajstić information content (AvgIpc) is 3.33. The number of rotatable bonds is 7. The van der Waals surface area contributed by atoms with Crippen molar-refractivity contribution in [3.05, 3.63) is 35.9 Å². The molecule has 1 N–H and O–H groups in total. The molecule has 1 aromatic rings. The molecule has 3 fully saturated rings. The maximum absolute atomic E-state index is 13.6. The second-order valence-corrected chi connectivity index (χ2v) is 9.61. The van der Waals surface area contributed by atoms with E-state index in [1.807, 2.05) is 35.2 Å². The van der Waals surface area contributed by atoms with Crippen molar-refractivity contribution in [3.63, 3.8) is 0 Å². The molecule has 0 radical (unpaired) electrons. The Labute approximate surface area is 191 Å². The van der Waals surface area contributed by atoms with Crippen molar-refractivity contribution >= 4 is 17.8 Å². The molecule has 1 aromatic carbocycles. The van der Waals surface area contributed by atoms with Crippen LogP contribution in [0.15, 0.2) is 30.3 Å². The third-order valence-electron chi connectivity index (χ3n) is 7.70. The van der Waals surface area contributed by atoms with Gasteiger partial charge in [0.05, 0.1) is 0 Å². The van der Waals surface area contributed by atoms with Crippen LogP contribution < -0.4 is 5.32 Å². The van der Waals surface area contributed by atoms with Gasteiger partial charge in [-0.1, -0.05) is 31.5 Å². The number of imide groups is 1. The molecular weight excluding hydrogens is 404 g/mol. The third kappa shape index (κ3) is 4.27. The minimum absolute atomic E-state index is 0.0395. The van der Waals surface area contributed by atoms with E-state index in [9.17, 15) is 14.4 Å². The van der Waals surface area contributed by atoms with E-state index in [0.717, 1.165) is 38.6 Å². The quantitative estimate of drug-likeness (QED) is 0.662. The highest BCUT2D eigenvalue weighted by molar-refractivity contribution is 6.07. The molecule has 2 unspecified atom stereocenters. The number of piperidine rings is 1. The van der Waals surface area contributed by atoms with Crippen LogP contribution in [0, 0.1) is 5.92 Å². The molecule has 32 heavy (non-hydrogen) atoms. The monoisotopic (exact) mass is 440 g/mol. The number of nitrogens with one attached hydrogen (secondary N) is 1. The number of hydrogen-bond donors (Lipinski definition) is 1. The Kier molecular flexibility index (Phi) is 6.84.